The first-order chi connectivity index (χ1) is 9.55. The van der Waals surface area contributed by atoms with Gasteiger partial charge in [0.1, 0.15) is 5.54 Å². The Morgan fingerprint density at radius 1 is 1.40 bits per heavy atom. The third-order valence-corrected chi connectivity index (χ3v) is 4.77. The summed E-state index contributed by atoms with van der Waals surface area (Å²) in [5.74, 6) is 0.670. The van der Waals surface area contributed by atoms with Crippen molar-refractivity contribution in [1.29, 1.82) is 0 Å². The number of carbonyl (C=O) groups is 1. The molecule has 0 aromatic rings. The Bertz CT molecular complexity index is 369. The summed E-state index contributed by atoms with van der Waals surface area (Å²) in [5, 5.41) is 15.2. The van der Waals surface area contributed by atoms with Gasteiger partial charge in [-0.1, -0.05) is 18.0 Å². The molecule has 0 unspecified atom stereocenters. The van der Waals surface area contributed by atoms with Crippen LogP contribution in [0.2, 0.25) is 0 Å². The minimum absolute atomic E-state index is 0.0352. The molecule has 2 rings (SSSR count). The quantitative estimate of drug-likeness (QED) is 0.309. The summed E-state index contributed by atoms with van der Waals surface area (Å²) in [7, 11) is 2.04. The lowest BCUT2D eigenvalue weighted by Gasteiger charge is -2.40. The highest BCUT2D eigenvalue weighted by molar-refractivity contribution is 5.94. The van der Waals surface area contributed by atoms with Crippen molar-refractivity contribution >= 4 is 11.7 Å². The lowest BCUT2D eigenvalue weighted by atomic mass is 9.86. The van der Waals surface area contributed by atoms with Crippen LogP contribution in [0, 0.1) is 5.92 Å². The molecule has 1 amide bonds. The van der Waals surface area contributed by atoms with E-state index in [1.165, 1.54) is 12.8 Å². The maximum atomic E-state index is 12.3. The summed E-state index contributed by atoms with van der Waals surface area (Å²) in [5.41, 5.74) is 5.18. The van der Waals surface area contributed by atoms with Crippen molar-refractivity contribution in [1.82, 2.24) is 10.2 Å². The molecule has 20 heavy (non-hydrogen) atoms. The Morgan fingerprint density at radius 2 is 2.00 bits per heavy atom. The maximum Gasteiger partial charge on any atom is 0.221 e. The van der Waals surface area contributed by atoms with E-state index in [1.807, 2.05) is 7.05 Å². The van der Waals surface area contributed by atoms with E-state index in [2.05, 4.69) is 15.4 Å². The highest BCUT2D eigenvalue weighted by Crippen LogP contribution is 2.28. The number of nitrogens with zero attached hydrogens (tertiary/aromatic N) is 2. The molecule has 1 aliphatic carbocycles. The number of hydrogen-bond donors (Lipinski definition) is 3. The Balaban J connectivity index is 1.98. The van der Waals surface area contributed by atoms with Gasteiger partial charge in [-0.3, -0.25) is 4.79 Å². The molecule has 0 atom stereocenters. The summed E-state index contributed by atoms with van der Waals surface area (Å²) >= 11 is 0. The van der Waals surface area contributed by atoms with Gasteiger partial charge in [0.15, 0.2) is 5.84 Å². The molecule has 1 saturated carbocycles. The molecule has 2 aliphatic rings. The average Bonchev–Trinajstić information content (AvgIpc) is 2.93. The molecule has 6 nitrogen and oxygen atoms in total. The predicted octanol–water partition coefficient (Wildman–Crippen LogP) is 0.894. The van der Waals surface area contributed by atoms with Crippen molar-refractivity contribution in [2.75, 3.05) is 20.1 Å². The fourth-order valence-electron chi connectivity index (χ4n) is 3.34. The first kappa shape index (κ1) is 15.1. The van der Waals surface area contributed by atoms with E-state index in [0.717, 1.165) is 25.9 Å². The van der Waals surface area contributed by atoms with Gasteiger partial charge in [-0.05, 0) is 38.6 Å². The van der Waals surface area contributed by atoms with Gasteiger partial charge in [0, 0.05) is 19.5 Å². The molecule has 0 aromatic heterocycles. The van der Waals surface area contributed by atoms with Crippen LogP contribution < -0.4 is 11.1 Å². The lowest BCUT2D eigenvalue weighted by Crippen LogP contribution is -2.62. The fourth-order valence-corrected chi connectivity index (χ4v) is 3.34. The van der Waals surface area contributed by atoms with Gasteiger partial charge in [0.2, 0.25) is 5.91 Å². The van der Waals surface area contributed by atoms with Crippen LogP contribution in [0.5, 0.6) is 0 Å². The third kappa shape index (κ3) is 3.42. The molecule has 1 aliphatic heterocycles. The third-order valence-electron chi connectivity index (χ3n) is 4.77. The summed E-state index contributed by atoms with van der Waals surface area (Å²) in [6.45, 7) is 1.67. The zero-order valence-corrected chi connectivity index (χ0v) is 12.3. The van der Waals surface area contributed by atoms with Gasteiger partial charge >= 0.3 is 0 Å². The highest BCUT2D eigenvalue weighted by atomic mass is 16.4. The average molecular weight is 282 g/mol. The van der Waals surface area contributed by atoms with E-state index in [4.69, 9.17) is 10.9 Å². The van der Waals surface area contributed by atoms with Crippen LogP contribution in [0.4, 0.5) is 0 Å². The Kier molecular flexibility index (Phi) is 4.86. The lowest BCUT2D eigenvalue weighted by molar-refractivity contribution is -0.123. The minimum atomic E-state index is -0.670. The Labute approximate surface area is 120 Å². The van der Waals surface area contributed by atoms with Crippen LogP contribution in [0.25, 0.3) is 0 Å². The number of nitrogens with two attached hydrogens (primary N) is 1. The monoisotopic (exact) mass is 282 g/mol. The van der Waals surface area contributed by atoms with Crippen LogP contribution in [0.1, 0.15) is 44.9 Å². The van der Waals surface area contributed by atoms with Gasteiger partial charge in [-0.2, -0.15) is 0 Å². The smallest absolute Gasteiger partial charge is 0.221 e. The number of carbonyl (C=O) groups excluding carboxylic acids is 1. The Hall–Kier alpha value is -1.30. The summed E-state index contributed by atoms with van der Waals surface area (Å²) in [6.07, 6.45) is 6.70. The van der Waals surface area contributed by atoms with E-state index in [9.17, 15) is 4.79 Å². The van der Waals surface area contributed by atoms with Gasteiger partial charge in [-0.25, -0.2) is 0 Å². The number of piperidine rings is 1. The second-order valence-electron chi connectivity index (χ2n) is 6.27. The van der Waals surface area contributed by atoms with Crippen molar-refractivity contribution in [3.8, 4) is 0 Å². The molecule has 2 fully saturated rings. The molecule has 1 heterocycles. The van der Waals surface area contributed by atoms with Gasteiger partial charge < -0.3 is 21.2 Å². The maximum absolute atomic E-state index is 12.3. The summed E-state index contributed by atoms with van der Waals surface area (Å²) in [6, 6.07) is 0. The van der Waals surface area contributed by atoms with E-state index in [-0.39, 0.29) is 11.7 Å². The van der Waals surface area contributed by atoms with Crippen LogP contribution >= 0.6 is 0 Å². The summed E-state index contributed by atoms with van der Waals surface area (Å²) in [4.78, 5) is 14.4. The fraction of sp³-hybridized carbons (Fsp3) is 0.857. The largest absolute Gasteiger partial charge is 0.409 e. The SMILES string of the molecule is CN1CCC(NC(=O)CC2CCCC2)(/C(N)=N/O)CC1. The predicted molar refractivity (Wildman–Crippen MR) is 77.6 cm³/mol. The van der Waals surface area contributed by atoms with Crippen molar-refractivity contribution in [3.05, 3.63) is 0 Å². The van der Waals surface area contributed by atoms with E-state index in [1.54, 1.807) is 0 Å². The first-order valence-corrected chi connectivity index (χ1v) is 7.53. The molecule has 0 spiro atoms. The van der Waals surface area contributed by atoms with E-state index in [0.29, 0.717) is 25.2 Å². The molecule has 1 saturated heterocycles. The molecule has 6 heteroatoms. The zero-order valence-electron chi connectivity index (χ0n) is 12.3. The zero-order chi connectivity index (χ0) is 14.6. The van der Waals surface area contributed by atoms with Crippen LogP contribution in [0.3, 0.4) is 0 Å². The van der Waals surface area contributed by atoms with E-state index >= 15 is 0 Å². The van der Waals surface area contributed by atoms with Gasteiger partial charge in [0.25, 0.3) is 0 Å². The number of rotatable bonds is 4. The number of likely N-dealkylation sites (tertiary alicyclic amines) is 1. The standard InChI is InChI=1S/C14H26N4O2/c1-18-8-6-14(7-9-18,13(15)17-20)16-12(19)10-11-4-2-3-5-11/h11,20H,2-10H2,1H3,(H2,15,17)(H,16,19). The second kappa shape index (κ2) is 6.43. The van der Waals surface area contributed by atoms with Crippen molar-refractivity contribution in [2.24, 2.45) is 16.8 Å². The summed E-state index contributed by atoms with van der Waals surface area (Å²) < 4.78 is 0. The number of amidine groups is 1. The molecule has 4 N–H and O–H groups in total. The molecule has 114 valence electrons. The molecular weight excluding hydrogens is 256 g/mol. The minimum Gasteiger partial charge on any atom is -0.409 e. The number of oxime groups is 1. The number of nitrogens with one attached hydrogen (secondary N) is 1. The van der Waals surface area contributed by atoms with Crippen molar-refractivity contribution < 1.29 is 10.0 Å². The number of amides is 1. The van der Waals surface area contributed by atoms with E-state index < -0.39 is 5.54 Å². The second-order valence-corrected chi connectivity index (χ2v) is 6.27. The normalized spacial score (nSPS) is 24.8. The van der Waals surface area contributed by atoms with Crippen molar-refractivity contribution in [2.45, 2.75) is 50.5 Å². The molecular formula is C14H26N4O2. The molecule has 0 radical (unpaired) electrons. The van der Waals surface area contributed by atoms with Crippen molar-refractivity contribution in [3.63, 3.8) is 0 Å². The van der Waals surface area contributed by atoms with Crippen LogP contribution in [-0.4, -0.2) is 47.5 Å². The first-order valence-electron chi connectivity index (χ1n) is 7.53. The highest BCUT2D eigenvalue weighted by Gasteiger charge is 2.39. The van der Waals surface area contributed by atoms with Gasteiger partial charge in [0.05, 0.1) is 0 Å². The number of hydrogen-bond acceptors (Lipinski definition) is 4. The van der Waals surface area contributed by atoms with Crippen LogP contribution in [-0.2, 0) is 4.79 Å². The topological polar surface area (TPSA) is 91.0 Å². The molecule has 0 bridgehead atoms. The van der Waals surface area contributed by atoms with Crippen LogP contribution in [0.15, 0.2) is 5.16 Å². The molecule has 0 aromatic carbocycles. The van der Waals surface area contributed by atoms with Gasteiger partial charge in [-0.15, -0.1) is 0 Å². The Morgan fingerprint density at radius 3 is 2.55 bits per heavy atom.